The van der Waals surface area contributed by atoms with E-state index in [0.29, 0.717) is 17.4 Å². The van der Waals surface area contributed by atoms with Gasteiger partial charge in [0.2, 0.25) is 0 Å². The van der Waals surface area contributed by atoms with Gasteiger partial charge in [-0.25, -0.2) is 0 Å². The Bertz CT molecular complexity index is 344. The summed E-state index contributed by atoms with van der Waals surface area (Å²) >= 11 is 6.00. The Morgan fingerprint density at radius 1 is 1.27 bits per heavy atom. The highest BCUT2D eigenvalue weighted by molar-refractivity contribution is 6.31. The van der Waals surface area contributed by atoms with Gasteiger partial charge in [0.1, 0.15) is 5.78 Å². The highest BCUT2D eigenvalue weighted by atomic mass is 35.5. The zero-order valence-electron chi connectivity index (χ0n) is 9.46. The lowest BCUT2D eigenvalue weighted by Crippen LogP contribution is -2.18. The van der Waals surface area contributed by atoms with Crippen LogP contribution in [0.5, 0.6) is 0 Å². The zero-order chi connectivity index (χ0) is 11.4. The maximum absolute atomic E-state index is 11.8. The van der Waals surface area contributed by atoms with Crippen LogP contribution in [0.2, 0.25) is 5.02 Å². The number of Topliss-reactive ketones (excluding diaryl/α,β-unsaturated/α-hetero) is 1. The molecule has 1 rings (SSSR count). The fourth-order valence-electron chi connectivity index (χ4n) is 1.36. The van der Waals surface area contributed by atoms with E-state index in [4.69, 9.17) is 11.6 Å². The molecular weight excluding hydrogens is 208 g/mol. The molecule has 0 bridgehead atoms. The molecule has 0 saturated heterocycles. The molecule has 15 heavy (non-hydrogen) atoms. The van der Waals surface area contributed by atoms with Gasteiger partial charge in [0, 0.05) is 17.4 Å². The summed E-state index contributed by atoms with van der Waals surface area (Å²) in [6.45, 7) is 6.11. The average Bonchev–Trinajstić information content (AvgIpc) is 2.20. The minimum Gasteiger partial charge on any atom is -0.299 e. The molecule has 0 heterocycles. The maximum Gasteiger partial charge on any atom is 0.140 e. The Morgan fingerprint density at radius 3 is 2.40 bits per heavy atom. The summed E-state index contributed by atoms with van der Waals surface area (Å²) < 4.78 is 0. The van der Waals surface area contributed by atoms with Crippen molar-refractivity contribution < 1.29 is 4.79 Å². The van der Waals surface area contributed by atoms with Crippen molar-refractivity contribution in [1.29, 1.82) is 0 Å². The summed E-state index contributed by atoms with van der Waals surface area (Å²) in [5.41, 5.74) is 0.927. The molecule has 1 unspecified atom stereocenters. The third-order valence-corrected chi connectivity index (χ3v) is 3.20. The standard InChI is InChI=1S/C13H17ClO/c1-9(2)10(3)13(15)8-11-6-4-5-7-12(11)14/h4-7,9-10H,8H2,1-3H3. The molecule has 2 heteroatoms. The summed E-state index contributed by atoms with van der Waals surface area (Å²) in [5.74, 6) is 0.749. The van der Waals surface area contributed by atoms with E-state index in [9.17, 15) is 4.79 Å². The lowest BCUT2D eigenvalue weighted by Gasteiger charge is -2.14. The van der Waals surface area contributed by atoms with Gasteiger partial charge in [-0.2, -0.15) is 0 Å². The summed E-state index contributed by atoms with van der Waals surface area (Å²) in [4.78, 5) is 11.8. The van der Waals surface area contributed by atoms with Crippen LogP contribution in [0.15, 0.2) is 24.3 Å². The fraction of sp³-hybridized carbons (Fsp3) is 0.462. The van der Waals surface area contributed by atoms with Crippen LogP contribution in [-0.2, 0) is 11.2 Å². The molecule has 1 aromatic rings. The maximum atomic E-state index is 11.8. The van der Waals surface area contributed by atoms with E-state index in [1.54, 1.807) is 0 Å². The smallest absolute Gasteiger partial charge is 0.140 e. The number of benzene rings is 1. The van der Waals surface area contributed by atoms with Crippen molar-refractivity contribution in [3.63, 3.8) is 0 Å². The highest BCUT2D eigenvalue weighted by Gasteiger charge is 2.17. The van der Waals surface area contributed by atoms with Crippen LogP contribution in [0.25, 0.3) is 0 Å². The van der Waals surface area contributed by atoms with Crippen molar-refractivity contribution in [3.8, 4) is 0 Å². The van der Waals surface area contributed by atoms with Crippen LogP contribution in [0.1, 0.15) is 26.3 Å². The highest BCUT2D eigenvalue weighted by Crippen LogP contribution is 2.19. The topological polar surface area (TPSA) is 17.1 Å². The molecular formula is C13H17ClO. The number of hydrogen-bond donors (Lipinski definition) is 0. The third-order valence-electron chi connectivity index (χ3n) is 2.83. The number of ketones is 1. The molecule has 0 aliphatic rings. The third kappa shape index (κ3) is 3.35. The SMILES string of the molecule is CC(C)C(C)C(=O)Cc1ccccc1Cl. The quantitative estimate of drug-likeness (QED) is 0.762. The molecule has 0 N–H and O–H groups in total. The first-order valence-corrected chi connectivity index (χ1v) is 5.66. The van der Waals surface area contributed by atoms with Crippen molar-refractivity contribution in [1.82, 2.24) is 0 Å². The van der Waals surface area contributed by atoms with Gasteiger partial charge in [-0.1, -0.05) is 50.6 Å². The van der Waals surface area contributed by atoms with E-state index in [-0.39, 0.29) is 11.7 Å². The Morgan fingerprint density at radius 2 is 1.87 bits per heavy atom. The molecule has 0 fully saturated rings. The number of halogens is 1. The van der Waals surface area contributed by atoms with Crippen LogP contribution in [-0.4, -0.2) is 5.78 Å². The van der Waals surface area contributed by atoms with Crippen LogP contribution < -0.4 is 0 Å². The predicted molar refractivity (Wildman–Crippen MR) is 64.2 cm³/mol. The first kappa shape index (κ1) is 12.3. The lowest BCUT2D eigenvalue weighted by atomic mass is 9.90. The second-order valence-corrected chi connectivity index (χ2v) is 4.67. The van der Waals surface area contributed by atoms with Crippen molar-refractivity contribution in [2.45, 2.75) is 27.2 Å². The van der Waals surface area contributed by atoms with E-state index in [1.807, 2.05) is 31.2 Å². The number of carbonyl (C=O) groups is 1. The molecule has 82 valence electrons. The van der Waals surface area contributed by atoms with Gasteiger partial charge in [0.25, 0.3) is 0 Å². The summed E-state index contributed by atoms with van der Waals surface area (Å²) in [5, 5.41) is 0.682. The van der Waals surface area contributed by atoms with Gasteiger partial charge >= 0.3 is 0 Å². The first-order valence-electron chi connectivity index (χ1n) is 5.28. The van der Waals surface area contributed by atoms with Gasteiger partial charge in [0.05, 0.1) is 0 Å². The van der Waals surface area contributed by atoms with E-state index in [1.165, 1.54) is 0 Å². The second-order valence-electron chi connectivity index (χ2n) is 4.27. The minimum absolute atomic E-state index is 0.0984. The first-order chi connectivity index (χ1) is 7.02. The molecule has 0 aliphatic heterocycles. The molecule has 0 aliphatic carbocycles. The van der Waals surface area contributed by atoms with Gasteiger partial charge in [-0.05, 0) is 17.5 Å². The molecule has 1 aromatic carbocycles. The minimum atomic E-state index is 0.0984. The molecule has 1 nitrogen and oxygen atoms in total. The van der Waals surface area contributed by atoms with Crippen LogP contribution in [0, 0.1) is 11.8 Å². The van der Waals surface area contributed by atoms with Crippen LogP contribution in [0.3, 0.4) is 0 Å². The normalized spacial score (nSPS) is 12.9. The fourth-order valence-corrected chi connectivity index (χ4v) is 1.56. The summed E-state index contributed by atoms with van der Waals surface area (Å²) in [6, 6.07) is 7.52. The van der Waals surface area contributed by atoms with Gasteiger partial charge < -0.3 is 0 Å². The predicted octanol–water partition coefficient (Wildman–Crippen LogP) is 3.74. The Labute approximate surface area is 96.5 Å². The largest absolute Gasteiger partial charge is 0.299 e. The molecule has 0 spiro atoms. The lowest BCUT2D eigenvalue weighted by molar-refractivity contribution is -0.122. The Hall–Kier alpha value is -0.820. The van der Waals surface area contributed by atoms with Crippen molar-refractivity contribution in [2.24, 2.45) is 11.8 Å². The summed E-state index contributed by atoms with van der Waals surface area (Å²) in [7, 11) is 0. The monoisotopic (exact) mass is 224 g/mol. The van der Waals surface area contributed by atoms with Gasteiger partial charge in [0.15, 0.2) is 0 Å². The molecule has 0 aromatic heterocycles. The van der Waals surface area contributed by atoms with Crippen LogP contribution in [0.4, 0.5) is 0 Å². The number of hydrogen-bond acceptors (Lipinski definition) is 1. The number of carbonyl (C=O) groups excluding carboxylic acids is 1. The molecule has 0 amide bonds. The van der Waals surface area contributed by atoms with E-state index >= 15 is 0 Å². The van der Waals surface area contributed by atoms with Crippen molar-refractivity contribution >= 4 is 17.4 Å². The van der Waals surface area contributed by atoms with E-state index < -0.39 is 0 Å². The Kier molecular flexibility index (Phi) is 4.34. The van der Waals surface area contributed by atoms with E-state index in [0.717, 1.165) is 5.56 Å². The van der Waals surface area contributed by atoms with E-state index in [2.05, 4.69) is 13.8 Å². The molecule has 0 saturated carbocycles. The van der Waals surface area contributed by atoms with Crippen LogP contribution >= 0.6 is 11.6 Å². The van der Waals surface area contributed by atoms with Crippen molar-refractivity contribution in [2.75, 3.05) is 0 Å². The second kappa shape index (κ2) is 5.32. The number of rotatable bonds is 4. The Balaban J connectivity index is 2.71. The summed E-state index contributed by atoms with van der Waals surface area (Å²) in [6.07, 6.45) is 0.443. The van der Waals surface area contributed by atoms with Gasteiger partial charge in [-0.3, -0.25) is 4.79 Å². The zero-order valence-corrected chi connectivity index (χ0v) is 10.2. The van der Waals surface area contributed by atoms with Gasteiger partial charge in [-0.15, -0.1) is 0 Å². The van der Waals surface area contributed by atoms with Crippen molar-refractivity contribution in [3.05, 3.63) is 34.9 Å². The molecule has 0 radical (unpaired) electrons. The molecule has 1 atom stereocenters. The average molecular weight is 225 g/mol.